The van der Waals surface area contributed by atoms with Crippen LogP contribution in [-0.4, -0.2) is 20.1 Å². The lowest BCUT2D eigenvalue weighted by molar-refractivity contribution is 0.467. The summed E-state index contributed by atoms with van der Waals surface area (Å²) in [6, 6.07) is 76.9. The maximum atomic E-state index is 7.75. The Hall–Kier alpha value is -9.59. The summed E-state index contributed by atoms with van der Waals surface area (Å²) in [5, 5.41) is 0. The van der Waals surface area contributed by atoms with Gasteiger partial charge in [0.25, 0.3) is 20.1 Å². The van der Waals surface area contributed by atoms with Gasteiger partial charge >= 0.3 is 0 Å². The Labute approximate surface area is 432 Å². The Morgan fingerprint density at radius 2 is 0.547 bits per heavy atom. The standard InChI is InChI=1S/C66H35B3N2O4/c1-3-16-36(17-4-1)70-46-28-15-29-47-60(46)69(61-48(70)34-54-63-65(61)74-52-32-13-26-44-40-22-9-7-20-38(40)42-24-11-30-50(72-54)56(42)67(63)58(44)52)62-49(71(47)37-18-5-2-6-19-37)35-55-64-66(62)75-53-33-14-27-45-41-23-10-8-21-39(41)43-25-12-31-51(73-55)57(43)68(64)59(45)53/h1-35H. The minimum atomic E-state index is -0.379. The number of ether oxygens (including phenoxy) is 4. The summed E-state index contributed by atoms with van der Waals surface area (Å²) in [6.07, 6.45) is 0. The zero-order valence-corrected chi connectivity index (χ0v) is 40.0. The monoisotopic (exact) mass is 952 g/mol. The van der Waals surface area contributed by atoms with Gasteiger partial charge in [0.05, 0.1) is 0 Å². The Balaban J connectivity index is 0.965. The number of hydrogen-bond donors (Lipinski definition) is 0. The lowest BCUT2D eigenvalue weighted by Gasteiger charge is -2.47. The number of rotatable bonds is 2. The fourth-order valence-corrected chi connectivity index (χ4v) is 14.7. The van der Waals surface area contributed by atoms with E-state index in [0.29, 0.717) is 0 Å². The van der Waals surface area contributed by atoms with Crippen molar-refractivity contribution < 1.29 is 18.9 Å². The average molecular weight is 952 g/mol. The molecule has 0 atom stereocenters. The van der Waals surface area contributed by atoms with Crippen molar-refractivity contribution in [1.82, 2.24) is 0 Å². The topological polar surface area (TPSA) is 43.4 Å². The molecule has 0 radical (unpaired) electrons. The smallest absolute Gasteiger partial charge is 0.262 e. The molecule has 0 fully saturated rings. The fraction of sp³-hybridized carbons (Fsp3) is 0. The summed E-state index contributed by atoms with van der Waals surface area (Å²) in [6.45, 7) is -0.717. The van der Waals surface area contributed by atoms with E-state index in [1.54, 1.807) is 0 Å². The van der Waals surface area contributed by atoms with Crippen LogP contribution in [0.3, 0.4) is 0 Å². The summed E-state index contributed by atoms with van der Waals surface area (Å²) >= 11 is 0. The van der Waals surface area contributed by atoms with Gasteiger partial charge in [-0.1, -0.05) is 140 Å². The summed E-state index contributed by atoms with van der Waals surface area (Å²) in [5.74, 6) is 6.70. The predicted octanol–water partition coefficient (Wildman–Crippen LogP) is 10.5. The van der Waals surface area contributed by atoms with Gasteiger partial charge in [-0.15, -0.1) is 0 Å². The van der Waals surface area contributed by atoms with Gasteiger partial charge < -0.3 is 28.7 Å². The van der Waals surface area contributed by atoms with E-state index in [4.69, 9.17) is 18.9 Å². The molecule has 8 heterocycles. The third-order valence-corrected chi connectivity index (χ3v) is 17.4. The molecule has 0 spiro atoms. The van der Waals surface area contributed by atoms with Gasteiger partial charge in [-0.25, -0.2) is 0 Å². The molecule has 0 saturated heterocycles. The van der Waals surface area contributed by atoms with Gasteiger partial charge in [-0.05, 0) is 143 Å². The number of fused-ring (bicyclic) bond motifs is 12. The highest BCUT2D eigenvalue weighted by atomic mass is 16.5. The van der Waals surface area contributed by atoms with Crippen molar-refractivity contribution in [3.8, 4) is 90.5 Å². The SMILES string of the molecule is c1ccc(N2c3cccc4c3B(c3c2cc2c5c3Oc3cccc6c3B5c3c(cccc3-c3ccccc3-6)O2)c2c(cc3c5c2Oc2cccc6c2B5c2c(cccc2-c2ccccc2-6)O3)N4c2ccccc2)cc1. The Morgan fingerprint density at radius 3 is 0.933 bits per heavy atom. The summed E-state index contributed by atoms with van der Waals surface area (Å²) in [7, 11) is 0. The third kappa shape index (κ3) is 4.73. The van der Waals surface area contributed by atoms with E-state index in [0.717, 1.165) is 102 Å². The maximum absolute atomic E-state index is 7.75. The van der Waals surface area contributed by atoms with Crippen LogP contribution in [0.25, 0.3) is 44.5 Å². The first-order chi connectivity index (χ1) is 37.2. The molecule has 6 nitrogen and oxygen atoms in total. The van der Waals surface area contributed by atoms with Gasteiger partial charge in [0.2, 0.25) is 0 Å². The summed E-state index contributed by atoms with van der Waals surface area (Å²) in [4.78, 5) is 4.87. The van der Waals surface area contributed by atoms with Crippen LogP contribution >= 0.6 is 0 Å². The van der Waals surface area contributed by atoms with Crippen molar-refractivity contribution in [3.63, 3.8) is 0 Å². The van der Waals surface area contributed by atoms with Crippen LogP contribution in [-0.2, 0) is 0 Å². The molecule has 8 aliphatic heterocycles. The van der Waals surface area contributed by atoms with E-state index in [2.05, 4.69) is 222 Å². The molecule has 0 N–H and O–H groups in total. The zero-order chi connectivity index (χ0) is 48.4. The van der Waals surface area contributed by atoms with Crippen molar-refractivity contribution >= 4 is 103 Å². The second-order valence-electron chi connectivity index (χ2n) is 20.8. The maximum Gasteiger partial charge on any atom is 0.262 e. The number of nitrogens with zero attached hydrogens (tertiary/aromatic N) is 2. The molecule has 0 aromatic heterocycles. The molecule has 75 heavy (non-hydrogen) atoms. The van der Waals surface area contributed by atoms with Crippen molar-refractivity contribution in [2.45, 2.75) is 0 Å². The number of hydrogen-bond acceptors (Lipinski definition) is 6. The molecule has 0 aliphatic carbocycles. The Kier molecular flexibility index (Phi) is 7.14. The molecule has 0 unspecified atom stereocenters. The second kappa shape index (κ2) is 13.7. The lowest BCUT2D eigenvalue weighted by Crippen LogP contribution is -2.67. The molecular formula is C66H35B3N2O4. The molecule has 11 aromatic rings. The lowest BCUT2D eigenvalue weighted by atomic mass is 9.28. The summed E-state index contributed by atoms with van der Waals surface area (Å²) < 4.78 is 30.2. The normalized spacial score (nSPS) is 14.4. The van der Waals surface area contributed by atoms with Gasteiger partial charge in [-0.2, -0.15) is 0 Å². The van der Waals surface area contributed by atoms with Crippen LogP contribution in [0.15, 0.2) is 212 Å². The van der Waals surface area contributed by atoms with Crippen LogP contribution in [0.5, 0.6) is 46.0 Å². The number of anilines is 6. The average Bonchev–Trinajstić information content (AvgIpc) is 3.95. The fourth-order valence-electron chi connectivity index (χ4n) is 14.7. The Morgan fingerprint density at radius 1 is 0.227 bits per heavy atom. The molecule has 19 rings (SSSR count). The molecule has 342 valence electrons. The minimum absolute atomic E-state index is 0.169. The van der Waals surface area contributed by atoms with E-state index in [1.807, 2.05) is 0 Å². The van der Waals surface area contributed by atoms with E-state index < -0.39 is 0 Å². The quantitative estimate of drug-likeness (QED) is 0.161. The second-order valence-corrected chi connectivity index (χ2v) is 20.8. The largest absolute Gasteiger partial charge is 0.459 e. The predicted molar refractivity (Wildman–Crippen MR) is 305 cm³/mol. The van der Waals surface area contributed by atoms with Crippen LogP contribution in [0, 0.1) is 0 Å². The molecule has 0 saturated carbocycles. The van der Waals surface area contributed by atoms with E-state index in [1.165, 1.54) is 71.8 Å². The van der Waals surface area contributed by atoms with Gasteiger partial charge in [0, 0.05) is 57.2 Å². The van der Waals surface area contributed by atoms with Gasteiger partial charge in [0.1, 0.15) is 46.0 Å². The van der Waals surface area contributed by atoms with E-state index in [9.17, 15) is 0 Å². The highest BCUT2D eigenvalue weighted by Crippen LogP contribution is 2.52. The molecule has 11 aromatic carbocycles. The van der Waals surface area contributed by atoms with Crippen LogP contribution < -0.4 is 77.9 Å². The Bertz CT molecular complexity index is 4130. The summed E-state index contributed by atoms with van der Waals surface area (Å²) in [5.41, 5.74) is 25.8. The van der Waals surface area contributed by atoms with Crippen LogP contribution in [0.2, 0.25) is 0 Å². The van der Waals surface area contributed by atoms with Crippen LogP contribution in [0.4, 0.5) is 34.1 Å². The minimum Gasteiger partial charge on any atom is -0.459 e. The third-order valence-electron chi connectivity index (χ3n) is 17.4. The van der Waals surface area contributed by atoms with Crippen molar-refractivity contribution in [2.75, 3.05) is 9.80 Å². The molecule has 0 bridgehead atoms. The van der Waals surface area contributed by atoms with Gasteiger partial charge in [0.15, 0.2) is 0 Å². The molecule has 0 amide bonds. The van der Waals surface area contributed by atoms with E-state index >= 15 is 0 Å². The highest BCUT2D eigenvalue weighted by Gasteiger charge is 2.55. The molecular weight excluding hydrogens is 917 g/mol. The zero-order valence-electron chi connectivity index (χ0n) is 40.0. The number of para-hydroxylation sites is 2. The highest BCUT2D eigenvalue weighted by molar-refractivity contribution is 7.05. The van der Waals surface area contributed by atoms with Gasteiger partial charge in [-0.3, -0.25) is 0 Å². The van der Waals surface area contributed by atoms with Crippen molar-refractivity contribution in [1.29, 1.82) is 0 Å². The first-order valence-corrected chi connectivity index (χ1v) is 25.9. The number of benzene rings is 11. The van der Waals surface area contributed by atoms with Crippen molar-refractivity contribution in [3.05, 3.63) is 212 Å². The molecule has 9 heteroatoms. The first kappa shape index (κ1) is 39.0. The van der Waals surface area contributed by atoms with Crippen LogP contribution in [0.1, 0.15) is 0 Å². The molecule has 8 aliphatic rings. The first-order valence-electron chi connectivity index (χ1n) is 25.9. The van der Waals surface area contributed by atoms with E-state index in [-0.39, 0.29) is 20.1 Å². The van der Waals surface area contributed by atoms with Crippen molar-refractivity contribution in [2.24, 2.45) is 0 Å².